The van der Waals surface area contributed by atoms with Crippen molar-refractivity contribution in [2.24, 2.45) is 0 Å². The van der Waals surface area contributed by atoms with Gasteiger partial charge in [0.15, 0.2) is 23.1 Å². The van der Waals surface area contributed by atoms with Gasteiger partial charge in [-0.3, -0.25) is 39.2 Å². The molecule has 0 aliphatic carbocycles. The van der Waals surface area contributed by atoms with Crippen molar-refractivity contribution in [3.63, 3.8) is 0 Å². The second-order valence-corrected chi connectivity index (χ2v) is 20.8. The fourth-order valence-electron chi connectivity index (χ4n) is 10.5. The number of halogens is 10. The molecule has 506 valence electrons. The molecule has 0 aliphatic heterocycles. The minimum atomic E-state index is -4.95. The zero-order valence-electron chi connectivity index (χ0n) is 52.2. The summed E-state index contributed by atoms with van der Waals surface area (Å²) in [4.78, 5) is 68.0. The normalized spacial score (nSPS) is 11.7. The number of carbonyl (C=O) groups excluding carboxylic acids is 1. The largest absolute Gasteiger partial charge is 1.00 e. The van der Waals surface area contributed by atoms with Crippen LogP contribution in [0.5, 0.6) is 11.5 Å². The SMILES string of the molecule is C.C=[C-]CCCN[C@@H](Cn1c(=O)c(-c2cccc(OC)c2F)c(C)n(Cc2c(F)cccc2C(F)(F)F)c1=O)c1ccccc1.CCOC(=O)CCCN[C@@H](Cn1c(=O)c(-c2cccc(OC)c2F)c(C)n(Cc2c(F)cccc2C(F)(F)F)c1=O)c1ccccc1.[NH2-].[Na+].[OH-]. The minimum absolute atomic E-state index is 0. The number of ether oxygens (including phenoxy) is 3. The number of carbonyl (C=O) groups is 1. The van der Waals surface area contributed by atoms with Gasteiger partial charge in [-0.15, -0.1) is 0 Å². The van der Waals surface area contributed by atoms with E-state index in [1.54, 1.807) is 67.6 Å². The van der Waals surface area contributed by atoms with Crippen LogP contribution < -0.4 is 72.2 Å². The van der Waals surface area contributed by atoms with Gasteiger partial charge in [0.25, 0.3) is 11.1 Å². The average Bonchev–Trinajstić information content (AvgIpc) is 0.761. The molecule has 27 heteroatoms. The van der Waals surface area contributed by atoms with E-state index in [0.717, 1.165) is 48.1 Å². The van der Waals surface area contributed by atoms with Crippen LogP contribution in [0.3, 0.4) is 0 Å². The number of hydrogen-bond acceptors (Lipinski definition) is 11. The van der Waals surface area contributed by atoms with Gasteiger partial charge < -0.3 is 42.5 Å². The van der Waals surface area contributed by atoms with Gasteiger partial charge in [0, 0.05) is 40.1 Å². The van der Waals surface area contributed by atoms with E-state index in [2.05, 4.69) is 23.3 Å². The maximum absolute atomic E-state index is 15.6. The summed E-state index contributed by atoms with van der Waals surface area (Å²) < 4.78 is 163. The number of nitrogens with one attached hydrogen (secondary N) is 2. The van der Waals surface area contributed by atoms with Crippen LogP contribution in [0.1, 0.15) is 96.9 Å². The molecule has 8 rings (SSSR count). The smallest absolute Gasteiger partial charge is 0.870 e. The zero-order valence-corrected chi connectivity index (χ0v) is 54.2. The fourth-order valence-corrected chi connectivity index (χ4v) is 10.5. The van der Waals surface area contributed by atoms with Crippen LogP contribution >= 0.6 is 0 Å². The van der Waals surface area contributed by atoms with Crippen molar-refractivity contribution in [1.29, 1.82) is 0 Å². The van der Waals surface area contributed by atoms with Gasteiger partial charge >= 0.3 is 59.3 Å². The number of aromatic nitrogens is 4. The van der Waals surface area contributed by atoms with Crippen LogP contribution in [0.15, 0.2) is 159 Å². The summed E-state index contributed by atoms with van der Waals surface area (Å²) >= 11 is 0. The van der Waals surface area contributed by atoms with Crippen molar-refractivity contribution >= 4 is 5.97 Å². The number of nitrogens with two attached hydrogens (primary N) is 1. The second-order valence-electron chi connectivity index (χ2n) is 20.8. The van der Waals surface area contributed by atoms with Crippen molar-refractivity contribution in [2.45, 2.75) is 104 Å². The van der Waals surface area contributed by atoms with E-state index in [1.807, 2.05) is 0 Å². The molecule has 0 fully saturated rings. The molecule has 2 heterocycles. The molecule has 5 N–H and O–H groups in total. The molecule has 2 atom stereocenters. The number of rotatable bonds is 25. The molecular weight excluding hydrogens is 1270 g/mol. The van der Waals surface area contributed by atoms with Crippen molar-refractivity contribution < 1.29 is 97.9 Å². The number of benzene rings is 6. The summed E-state index contributed by atoms with van der Waals surface area (Å²) in [6.45, 7) is 6.52. The summed E-state index contributed by atoms with van der Waals surface area (Å²) in [6, 6.07) is 29.5. The molecule has 0 bridgehead atoms. The van der Waals surface area contributed by atoms with E-state index in [9.17, 15) is 54.7 Å². The Morgan fingerprint density at radius 2 is 0.947 bits per heavy atom. The first-order valence-electron chi connectivity index (χ1n) is 28.6. The number of esters is 1. The predicted molar refractivity (Wildman–Crippen MR) is 337 cm³/mol. The van der Waals surface area contributed by atoms with Crippen molar-refractivity contribution in [3.05, 3.63) is 262 Å². The van der Waals surface area contributed by atoms with E-state index in [4.69, 9.17) is 14.2 Å². The quantitative estimate of drug-likeness (QED) is 0.0180. The number of methoxy groups -OCH3 is 2. The van der Waals surface area contributed by atoms with Crippen LogP contribution in [-0.2, 0) is 48.1 Å². The molecule has 0 saturated heterocycles. The van der Waals surface area contributed by atoms with E-state index < -0.39 is 106 Å². The summed E-state index contributed by atoms with van der Waals surface area (Å²) in [5.41, 5.74) is -7.87. The number of hydrogen-bond donors (Lipinski definition) is 2. The van der Waals surface area contributed by atoms with E-state index in [-0.39, 0.29) is 132 Å². The van der Waals surface area contributed by atoms with Crippen LogP contribution in [-0.4, -0.2) is 63.6 Å². The maximum Gasteiger partial charge on any atom is 1.00 e. The molecule has 0 amide bonds. The van der Waals surface area contributed by atoms with E-state index in [1.165, 1.54) is 64.5 Å². The first-order valence-corrected chi connectivity index (χ1v) is 28.6. The predicted octanol–water partition coefficient (Wildman–Crippen LogP) is 10.6. The molecular formula is C68H72F10N7NaO9-2. The Labute approximate surface area is 564 Å². The van der Waals surface area contributed by atoms with Crippen molar-refractivity contribution in [3.8, 4) is 33.8 Å². The van der Waals surface area contributed by atoms with Gasteiger partial charge in [-0.05, 0) is 87.8 Å². The Morgan fingerprint density at radius 3 is 1.31 bits per heavy atom. The standard InChI is InChI=1S/C34H34F5N3O5.C33H31F5N3O3.CH4.H2N.Na.H2O/c1-4-47-29(43)17-10-18-40-27(22-11-6-5-7-12-22)20-42-32(44)30(23-13-8-16-28(46-3)31(23)36)21(2)41(33(42)45)19-24-25(34(37,38)39)14-9-15-26(24)35;1-4-5-9-18-39-27(22-12-7-6-8-13-22)20-41-31(42)29(23-14-10-17-28(44-3)30(23)35)21(2)40(32(41)43)19-24-25(33(36,37)38)15-11-16-26(24)34;;;;/h5-9,11-16,27,40H,4,10,17-20H2,1-3H3;6-8,10-17,27,39H,1,5,9,18-20H2,2-3H3;1H4;1H2;;1H2/q;-1;;-1;+1;/p-1/t2*27-;;;;/m00..../s1. The molecule has 95 heavy (non-hydrogen) atoms. The first-order chi connectivity index (χ1) is 43.4. The molecule has 8 aromatic rings. The third-order valence-corrected chi connectivity index (χ3v) is 15.1. The van der Waals surface area contributed by atoms with Crippen LogP contribution in [0.4, 0.5) is 43.9 Å². The van der Waals surface area contributed by atoms with Gasteiger partial charge in [-0.2, -0.15) is 32.8 Å². The number of allylic oxidation sites excluding steroid dienone is 1. The summed E-state index contributed by atoms with van der Waals surface area (Å²) in [5.74, 6) is -4.98. The molecule has 0 radical (unpaired) electrons. The number of unbranched alkanes of at least 4 members (excludes halogenated alkanes) is 1. The zero-order chi connectivity index (χ0) is 66.3. The van der Waals surface area contributed by atoms with Gasteiger partial charge in [0.2, 0.25) is 0 Å². The van der Waals surface area contributed by atoms with Crippen LogP contribution in [0.2, 0.25) is 0 Å². The minimum Gasteiger partial charge on any atom is -0.870 e. The topological polar surface area (TPSA) is 220 Å². The molecule has 6 aromatic carbocycles. The van der Waals surface area contributed by atoms with Gasteiger partial charge in [-0.25, -0.2) is 27.2 Å². The van der Waals surface area contributed by atoms with E-state index >= 15 is 13.2 Å². The number of alkyl halides is 6. The first kappa shape index (κ1) is 80.9. The maximum atomic E-state index is 15.6. The third-order valence-electron chi connectivity index (χ3n) is 15.1. The molecule has 2 aromatic heterocycles. The third kappa shape index (κ3) is 19.4. The van der Waals surface area contributed by atoms with Crippen molar-refractivity contribution in [2.75, 3.05) is 33.9 Å². The summed E-state index contributed by atoms with van der Waals surface area (Å²) in [5, 5.41) is 6.53. The Morgan fingerprint density at radius 1 is 0.568 bits per heavy atom. The number of nitrogens with zero attached hydrogens (tertiary/aromatic N) is 4. The van der Waals surface area contributed by atoms with Gasteiger partial charge in [-0.1, -0.05) is 111 Å². The molecule has 0 saturated carbocycles. The Hall–Kier alpha value is -8.37. The van der Waals surface area contributed by atoms with E-state index in [0.29, 0.717) is 43.5 Å². The average molecular weight is 1340 g/mol. The molecule has 0 aliphatic rings. The summed E-state index contributed by atoms with van der Waals surface area (Å²) in [6.07, 6.45) is -5.35. The monoisotopic (exact) mass is 1340 g/mol. The Bertz CT molecular complexity index is 4130. The second kappa shape index (κ2) is 36.5. The Balaban J connectivity index is 0.000000476. The fraction of sp³-hybridized carbons (Fsp3) is 0.309. The molecule has 0 unspecified atom stereocenters. The summed E-state index contributed by atoms with van der Waals surface area (Å²) in [7, 11) is 2.47. The molecule has 16 nitrogen and oxygen atoms in total. The van der Waals surface area contributed by atoms with Crippen LogP contribution in [0, 0.1) is 43.2 Å². The van der Waals surface area contributed by atoms with Crippen molar-refractivity contribution in [1.82, 2.24) is 28.9 Å². The Kier molecular flexibility index (Phi) is 31.1. The van der Waals surface area contributed by atoms with Gasteiger partial charge in [0.05, 0.1) is 81.3 Å². The molecule has 0 spiro atoms. The van der Waals surface area contributed by atoms with Crippen LogP contribution in [0.25, 0.3) is 28.4 Å². The van der Waals surface area contributed by atoms with Gasteiger partial charge in [0.1, 0.15) is 11.6 Å².